The van der Waals surface area contributed by atoms with Crippen molar-refractivity contribution in [2.24, 2.45) is 0 Å². The van der Waals surface area contributed by atoms with Crippen LogP contribution in [0.3, 0.4) is 0 Å². The number of alkyl halides is 1. The molecule has 1 rings (SSSR count). The molecule has 15 heavy (non-hydrogen) atoms. The normalized spacial score (nSPS) is 20.4. The first kappa shape index (κ1) is 13.2. The summed E-state index contributed by atoms with van der Waals surface area (Å²) >= 11 is 5.74. The first-order valence-corrected chi connectivity index (χ1v) is 6.49. The number of nitrogens with one attached hydrogen (secondary N) is 1. The van der Waals surface area contributed by atoms with Gasteiger partial charge in [0.1, 0.15) is 0 Å². The minimum absolute atomic E-state index is 0.587. The van der Waals surface area contributed by atoms with Gasteiger partial charge in [0.2, 0.25) is 0 Å². The van der Waals surface area contributed by atoms with Crippen molar-refractivity contribution in [3.63, 3.8) is 0 Å². The van der Waals surface area contributed by atoms with E-state index in [0.29, 0.717) is 6.04 Å². The fourth-order valence-electron chi connectivity index (χ4n) is 1.83. The van der Waals surface area contributed by atoms with Crippen LogP contribution in [0.5, 0.6) is 0 Å². The van der Waals surface area contributed by atoms with E-state index in [9.17, 15) is 0 Å². The molecule has 0 radical (unpaired) electrons. The lowest BCUT2D eigenvalue weighted by molar-refractivity contribution is 0.0381. The summed E-state index contributed by atoms with van der Waals surface area (Å²) in [6, 6.07) is 0.587. The molecule has 1 unspecified atom stereocenters. The average Bonchev–Trinajstić information content (AvgIpc) is 2.29. The van der Waals surface area contributed by atoms with Crippen molar-refractivity contribution in [1.29, 1.82) is 0 Å². The van der Waals surface area contributed by atoms with E-state index >= 15 is 0 Å². The van der Waals surface area contributed by atoms with E-state index < -0.39 is 0 Å². The molecule has 3 nitrogen and oxygen atoms in total. The average molecular weight is 235 g/mol. The standard InChI is InChI=1S/C11H23ClN2O/c1-2-11(3-4-12)13-5-6-14-7-9-15-10-8-14/h11,13H,2-10H2,1H3. The molecule has 90 valence electrons. The Labute approximate surface area is 98.1 Å². The molecule has 0 aromatic heterocycles. The number of hydrogen-bond donors (Lipinski definition) is 1. The van der Waals surface area contributed by atoms with Crippen molar-refractivity contribution in [1.82, 2.24) is 10.2 Å². The van der Waals surface area contributed by atoms with Crippen LogP contribution >= 0.6 is 11.6 Å². The predicted molar refractivity (Wildman–Crippen MR) is 64.7 cm³/mol. The van der Waals surface area contributed by atoms with Gasteiger partial charge in [-0.1, -0.05) is 6.92 Å². The van der Waals surface area contributed by atoms with Gasteiger partial charge in [0, 0.05) is 38.1 Å². The number of ether oxygens (including phenoxy) is 1. The van der Waals surface area contributed by atoms with E-state index in [2.05, 4.69) is 17.1 Å². The Hall–Kier alpha value is 0.170. The molecule has 0 amide bonds. The second-order valence-corrected chi connectivity index (χ2v) is 4.37. The molecule has 0 saturated carbocycles. The van der Waals surface area contributed by atoms with Crippen molar-refractivity contribution in [3.05, 3.63) is 0 Å². The molecule has 1 saturated heterocycles. The lowest BCUT2D eigenvalue weighted by Gasteiger charge is -2.27. The van der Waals surface area contributed by atoms with Crippen LogP contribution in [-0.4, -0.2) is 56.2 Å². The number of morpholine rings is 1. The minimum Gasteiger partial charge on any atom is -0.379 e. The van der Waals surface area contributed by atoms with E-state index in [0.717, 1.165) is 58.1 Å². The van der Waals surface area contributed by atoms with Gasteiger partial charge in [-0.25, -0.2) is 0 Å². The Morgan fingerprint density at radius 2 is 2.13 bits per heavy atom. The number of nitrogens with zero attached hydrogens (tertiary/aromatic N) is 1. The summed E-state index contributed by atoms with van der Waals surface area (Å²) in [4.78, 5) is 2.45. The third-order valence-electron chi connectivity index (χ3n) is 2.92. The van der Waals surface area contributed by atoms with Gasteiger partial charge in [-0.15, -0.1) is 11.6 Å². The van der Waals surface area contributed by atoms with Gasteiger partial charge >= 0.3 is 0 Å². The second kappa shape index (κ2) is 8.34. The van der Waals surface area contributed by atoms with Gasteiger partial charge in [-0.3, -0.25) is 4.90 Å². The molecule has 0 spiro atoms. The van der Waals surface area contributed by atoms with Crippen LogP contribution in [0.4, 0.5) is 0 Å². The zero-order valence-electron chi connectivity index (χ0n) is 9.67. The fourth-order valence-corrected chi connectivity index (χ4v) is 2.10. The molecule has 1 aliphatic rings. The van der Waals surface area contributed by atoms with Gasteiger partial charge in [-0.2, -0.15) is 0 Å². The SMILES string of the molecule is CCC(CCCl)NCCN1CCOCC1. The van der Waals surface area contributed by atoms with Gasteiger partial charge < -0.3 is 10.1 Å². The summed E-state index contributed by atoms with van der Waals surface area (Å²) in [6.45, 7) is 8.33. The van der Waals surface area contributed by atoms with Crippen LogP contribution in [0.15, 0.2) is 0 Å². The molecule has 0 bridgehead atoms. The van der Waals surface area contributed by atoms with Crippen LogP contribution in [0.25, 0.3) is 0 Å². The highest BCUT2D eigenvalue weighted by Gasteiger charge is 2.10. The molecule has 1 aliphatic heterocycles. The topological polar surface area (TPSA) is 24.5 Å². The highest BCUT2D eigenvalue weighted by molar-refractivity contribution is 6.17. The molecule has 1 N–H and O–H groups in total. The van der Waals surface area contributed by atoms with E-state index in [1.54, 1.807) is 0 Å². The predicted octanol–water partition coefficient (Wildman–Crippen LogP) is 1.32. The van der Waals surface area contributed by atoms with E-state index in [-0.39, 0.29) is 0 Å². The van der Waals surface area contributed by atoms with Gasteiger partial charge in [0.25, 0.3) is 0 Å². The van der Waals surface area contributed by atoms with Crippen LogP contribution in [0.2, 0.25) is 0 Å². The van der Waals surface area contributed by atoms with Gasteiger partial charge in [0.05, 0.1) is 13.2 Å². The third-order valence-corrected chi connectivity index (χ3v) is 3.13. The molecular weight excluding hydrogens is 212 g/mol. The zero-order valence-corrected chi connectivity index (χ0v) is 10.4. The zero-order chi connectivity index (χ0) is 10.9. The van der Waals surface area contributed by atoms with Crippen LogP contribution in [0.1, 0.15) is 19.8 Å². The summed E-state index contributed by atoms with van der Waals surface area (Å²) in [5.74, 6) is 0.753. The smallest absolute Gasteiger partial charge is 0.0594 e. The summed E-state index contributed by atoms with van der Waals surface area (Å²) in [5.41, 5.74) is 0. The lowest BCUT2D eigenvalue weighted by Crippen LogP contribution is -2.42. The third kappa shape index (κ3) is 5.71. The fraction of sp³-hybridized carbons (Fsp3) is 1.00. The molecule has 1 heterocycles. The van der Waals surface area contributed by atoms with E-state index in [1.165, 1.54) is 0 Å². The monoisotopic (exact) mass is 234 g/mol. The Balaban J connectivity index is 2.03. The van der Waals surface area contributed by atoms with Crippen molar-refractivity contribution in [2.45, 2.75) is 25.8 Å². The van der Waals surface area contributed by atoms with Crippen LogP contribution < -0.4 is 5.32 Å². The highest BCUT2D eigenvalue weighted by Crippen LogP contribution is 2.00. The Bertz CT molecular complexity index is 147. The highest BCUT2D eigenvalue weighted by atomic mass is 35.5. The van der Waals surface area contributed by atoms with Crippen molar-refractivity contribution < 1.29 is 4.74 Å². The number of hydrogen-bond acceptors (Lipinski definition) is 3. The maximum Gasteiger partial charge on any atom is 0.0594 e. The molecular formula is C11H23ClN2O. The van der Waals surface area contributed by atoms with Crippen LogP contribution in [-0.2, 0) is 4.74 Å². The molecule has 4 heteroatoms. The quantitative estimate of drug-likeness (QED) is 0.673. The second-order valence-electron chi connectivity index (χ2n) is 3.99. The maximum absolute atomic E-state index is 5.74. The molecule has 0 aliphatic carbocycles. The molecule has 1 atom stereocenters. The molecule has 0 aromatic rings. The molecule has 1 fully saturated rings. The van der Waals surface area contributed by atoms with Crippen molar-refractivity contribution >= 4 is 11.6 Å². The largest absolute Gasteiger partial charge is 0.379 e. The van der Waals surface area contributed by atoms with Crippen molar-refractivity contribution in [3.8, 4) is 0 Å². The summed E-state index contributed by atoms with van der Waals surface area (Å²) in [6.07, 6.45) is 2.23. The Kier molecular flexibility index (Phi) is 7.36. The summed E-state index contributed by atoms with van der Waals surface area (Å²) in [7, 11) is 0. The van der Waals surface area contributed by atoms with Crippen molar-refractivity contribution in [2.75, 3.05) is 45.3 Å². The Morgan fingerprint density at radius 3 is 2.73 bits per heavy atom. The Morgan fingerprint density at radius 1 is 1.40 bits per heavy atom. The first-order valence-electron chi connectivity index (χ1n) is 5.96. The van der Waals surface area contributed by atoms with Gasteiger partial charge in [-0.05, 0) is 12.8 Å². The van der Waals surface area contributed by atoms with E-state index in [4.69, 9.17) is 16.3 Å². The maximum atomic E-state index is 5.74. The lowest BCUT2D eigenvalue weighted by atomic mass is 10.2. The summed E-state index contributed by atoms with van der Waals surface area (Å²) < 4.78 is 5.31. The number of rotatable bonds is 7. The minimum atomic E-state index is 0.587. The van der Waals surface area contributed by atoms with E-state index in [1.807, 2.05) is 0 Å². The van der Waals surface area contributed by atoms with Crippen LogP contribution in [0, 0.1) is 0 Å². The first-order chi connectivity index (χ1) is 7.36. The summed E-state index contributed by atoms with van der Waals surface area (Å²) in [5, 5.41) is 3.55. The number of halogens is 1. The van der Waals surface area contributed by atoms with Gasteiger partial charge in [0.15, 0.2) is 0 Å². The molecule has 0 aromatic carbocycles.